The normalized spacial score (nSPS) is 15.4. The SMILES string of the molecule is Cc1ccc(C(=O)N2CCN(S(=O)(=O)c3ccc(C#N)cc3)CC2)cc1C. The van der Waals surface area contributed by atoms with Crippen molar-refractivity contribution in [3.8, 4) is 6.07 Å². The van der Waals surface area contributed by atoms with E-state index in [1.165, 1.54) is 28.6 Å². The fraction of sp³-hybridized carbons (Fsp3) is 0.300. The number of nitrogens with zero attached hydrogens (tertiary/aromatic N) is 3. The molecule has 2 aromatic rings. The number of hydrogen-bond acceptors (Lipinski definition) is 4. The third-order valence-corrected chi connectivity index (χ3v) is 6.81. The number of nitriles is 1. The molecule has 1 aliphatic heterocycles. The molecule has 1 amide bonds. The number of amides is 1. The van der Waals surface area contributed by atoms with E-state index in [1.807, 2.05) is 38.1 Å². The molecule has 0 N–H and O–H groups in total. The quantitative estimate of drug-likeness (QED) is 0.815. The lowest BCUT2D eigenvalue weighted by molar-refractivity contribution is 0.0698. The maximum absolute atomic E-state index is 12.8. The van der Waals surface area contributed by atoms with Gasteiger partial charge in [-0.2, -0.15) is 9.57 Å². The fourth-order valence-electron chi connectivity index (χ4n) is 3.04. The zero-order valence-corrected chi connectivity index (χ0v) is 16.2. The molecule has 140 valence electrons. The smallest absolute Gasteiger partial charge is 0.253 e. The second-order valence-corrected chi connectivity index (χ2v) is 8.57. The topological polar surface area (TPSA) is 81.5 Å². The van der Waals surface area contributed by atoms with Crippen LogP contribution in [0.5, 0.6) is 0 Å². The van der Waals surface area contributed by atoms with Crippen LogP contribution in [-0.4, -0.2) is 49.7 Å². The summed E-state index contributed by atoms with van der Waals surface area (Å²) in [4.78, 5) is 14.5. The first kappa shape index (κ1) is 19.1. The van der Waals surface area contributed by atoms with Gasteiger partial charge in [0.15, 0.2) is 0 Å². The lowest BCUT2D eigenvalue weighted by Crippen LogP contribution is -2.50. The highest BCUT2D eigenvalue weighted by molar-refractivity contribution is 7.89. The van der Waals surface area contributed by atoms with E-state index in [1.54, 1.807) is 4.90 Å². The highest BCUT2D eigenvalue weighted by Gasteiger charge is 2.30. The van der Waals surface area contributed by atoms with Gasteiger partial charge in [-0.3, -0.25) is 4.79 Å². The summed E-state index contributed by atoms with van der Waals surface area (Å²) in [6.45, 7) is 5.16. The molecule has 0 bridgehead atoms. The minimum absolute atomic E-state index is 0.0754. The predicted octanol–water partition coefficient (Wildman–Crippen LogP) is 2.32. The Morgan fingerprint density at radius 2 is 1.59 bits per heavy atom. The first-order chi connectivity index (χ1) is 12.8. The Morgan fingerprint density at radius 3 is 2.15 bits per heavy atom. The third kappa shape index (κ3) is 3.87. The van der Waals surface area contributed by atoms with E-state index in [2.05, 4.69) is 0 Å². The average molecular weight is 383 g/mol. The van der Waals surface area contributed by atoms with E-state index in [4.69, 9.17) is 5.26 Å². The van der Waals surface area contributed by atoms with Gasteiger partial charge >= 0.3 is 0 Å². The highest BCUT2D eigenvalue weighted by atomic mass is 32.2. The van der Waals surface area contributed by atoms with Crippen molar-refractivity contribution in [1.82, 2.24) is 9.21 Å². The number of carbonyl (C=O) groups excluding carboxylic acids is 1. The van der Waals surface area contributed by atoms with Gasteiger partial charge in [0.2, 0.25) is 10.0 Å². The van der Waals surface area contributed by atoms with Crippen molar-refractivity contribution >= 4 is 15.9 Å². The van der Waals surface area contributed by atoms with Crippen molar-refractivity contribution < 1.29 is 13.2 Å². The molecule has 0 saturated carbocycles. The van der Waals surface area contributed by atoms with Crippen molar-refractivity contribution in [2.24, 2.45) is 0 Å². The lowest BCUT2D eigenvalue weighted by atomic mass is 10.1. The zero-order valence-electron chi connectivity index (χ0n) is 15.3. The van der Waals surface area contributed by atoms with Crippen LogP contribution in [0.15, 0.2) is 47.4 Å². The summed E-state index contributed by atoms with van der Waals surface area (Å²) in [5, 5.41) is 8.84. The molecule has 0 spiro atoms. The first-order valence-corrected chi connectivity index (χ1v) is 10.1. The number of benzene rings is 2. The van der Waals surface area contributed by atoms with E-state index >= 15 is 0 Å². The summed E-state index contributed by atoms with van der Waals surface area (Å²) >= 11 is 0. The van der Waals surface area contributed by atoms with Crippen LogP contribution in [0.3, 0.4) is 0 Å². The molecule has 1 heterocycles. The average Bonchev–Trinajstić information content (AvgIpc) is 2.69. The van der Waals surface area contributed by atoms with E-state index in [0.29, 0.717) is 24.2 Å². The van der Waals surface area contributed by atoms with Gasteiger partial charge in [0.1, 0.15) is 0 Å². The standard InChI is InChI=1S/C20H21N3O3S/c1-15-3-6-18(13-16(15)2)20(24)22-9-11-23(12-10-22)27(25,26)19-7-4-17(14-21)5-8-19/h3-8,13H,9-12H2,1-2H3. The molecule has 1 fully saturated rings. The monoisotopic (exact) mass is 383 g/mol. The van der Waals surface area contributed by atoms with Gasteiger partial charge in [0, 0.05) is 31.7 Å². The molecular weight excluding hydrogens is 362 g/mol. The number of aryl methyl sites for hydroxylation is 2. The molecule has 0 unspecified atom stereocenters. The fourth-order valence-corrected chi connectivity index (χ4v) is 4.46. The maximum Gasteiger partial charge on any atom is 0.253 e. The Balaban J connectivity index is 1.69. The van der Waals surface area contributed by atoms with Crippen molar-refractivity contribution in [3.05, 3.63) is 64.7 Å². The predicted molar refractivity (Wildman–Crippen MR) is 102 cm³/mol. The van der Waals surface area contributed by atoms with Crippen LogP contribution >= 0.6 is 0 Å². The second-order valence-electron chi connectivity index (χ2n) is 6.63. The molecule has 0 atom stereocenters. The minimum atomic E-state index is -3.63. The van der Waals surface area contributed by atoms with E-state index < -0.39 is 10.0 Å². The Bertz CT molecular complexity index is 1000. The van der Waals surface area contributed by atoms with Crippen LogP contribution in [-0.2, 0) is 10.0 Å². The zero-order chi connectivity index (χ0) is 19.6. The number of sulfonamides is 1. The summed E-state index contributed by atoms with van der Waals surface area (Å²) < 4.78 is 26.9. The van der Waals surface area contributed by atoms with Crippen LogP contribution in [0.25, 0.3) is 0 Å². The Kier molecular flexibility index (Phi) is 5.31. The van der Waals surface area contributed by atoms with Gasteiger partial charge in [0.25, 0.3) is 5.91 Å². The van der Waals surface area contributed by atoms with Gasteiger partial charge < -0.3 is 4.90 Å². The van der Waals surface area contributed by atoms with Crippen LogP contribution < -0.4 is 0 Å². The molecule has 1 saturated heterocycles. The van der Waals surface area contributed by atoms with Crippen LogP contribution in [0.2, 0.25) is 0 Å². The summed E-state index contributed by atoms with van der Waals surface area (Å²) in [7, 11) is -3.63. The number of piperazine rings is 1. The van der Waals surface area contributed by atoms with Crippen LogP contribution in [0.1, 0.15) is 27.0 Å². The minimum Gasteiger partial charge on any atom is -0.336 e. The van der Waals surface area contributed by atoms with Gasteiger partial charge in [-0.1, -0.05) is 6.07 Å². The molecule has 0 aromatic heterocycles. The van der Waals surface area contributed by atoms with Gasteiger partial charge in [-0.05, 0) is 61.4 Å². The molecule has 0 radical (unpaired) electrons. The first-order valence-electron chi connectivity index (χ1n) is 8.70. The molecule has 27 heavy (non-hydrogen) atoms. The van der Waals surface area contributed by atoms with Crippen molar-refractivity contribution in [2.45, 2.75) is 18.7 Å². The molecule has 1 aliphatic rings. The van der Waals surface area contributed by atoms with Crippen LogP contribution in [0.4, 0.5) is 0 Å². The Morgan fingerprint density at radius 1 is 0.963 bits per heavy atom. The lowest BCUT2D eigenvalue weighted by Gasteiger charge is -2.34. The van der Waals surface area contributed by atoms with Gasteiger partial charge in [-0.25, -0.2) is 8.42 Å². The molecule has 0 aliphatic carbocycles. The molecule has 7 heteroatoms. The maximum atomic E-state index is 12.8. The Labute approximate surface area is 159 Å². The third-order valence-electron chi connectivity index (χ3n) is 4.90. The summed E-state index contributed by atoms with van der Waals surface area (Å²) in [6.07, 6.45) is 0. The van der Waals surface area contributed by atoms with Crippen molar-refractivity contribution in [2.75, 3.05) is 26.2 Å². The summed E-state index contributed by atoms with van der Waals surface area (Å²) in [5.74, 6) is -0.0754. The second kappa shape index (κ2) is 7.51. The highest BCUT2D eigenvalue weighted by Crippen LogP contribution is 2.19. The van der Waals surface area contributed by atoms with Crippen molar-refractivity contribution in [3.63, 3.8) is 0 Å². The molecular formula is C20H21N3O3S. The van der Waals surface area contributed by atoms with E-state index in [0.717, 1.165) is 11.1 Å². The van der Waals surface area contributed by atoms with E-state index in [9.17, 15) is 13.2 Å². The number of hydrogen-bond donors (Lipinski definition) is 0. The molecule has 3 rings (SSSR count). The molecule has 2 aromatic carbocycles. The Hall–Kier alpha value is -2.69. The largest absolute Gasteiger partial charge is 0.336 e. The summed E-state index contributed by atoms with van der Waals surface area (Å²) in [5.41, 5.74) is 3.23. The summed E-state index contributed by atoms with van der Waals surface area (Å²) in [6, 6.07) is 13.5. The van der Waals surface area contributed by atoms with Crippen molar-refractivity contribution in [1.29, 1.82) is 5.26 Å². The van der Waals surface area contributed by atoms with E-state index in [-0.39, 0.29) is 23.9 Å². The number of carbonyl (C=O) groups is 1. The van der Waals surface area contributed by atoms with Gasteiger partial charge in [-0.15, -0.1) is 0 Å². The van der Waals surface area contributed by atoms with Crippen LogP contribution in [0, 0.1) is 25.2 Å². The van der Waals surface area contributed by atoms with Gasteiger partial charge in [0.05, 0.1) is 16.5 Å². The molecule has 6 nitrogen and oxygen atoms in total. The number of rotatable bonds is 3.